The van der Waals surface area contributed by atoms with Crippen LogP contribution in [0.25, 0.3) is 275 Å². The Kier molecular flexibility index (Phi) is 21.1. The minimum Gasteiger partial charge on any atom is -0.256 e. The molecule has 9 nitrogen and oxygen atoms in total. The normalized spacial score (nSPS) is 11.5. The van der Waals surface area contributed by atoms with Gasteiger partial charge in [-0.3, -0.25) is 29.9 Å². The van der Waals surface area contributed by atoms with Crippen LogP contribution in [0.15, 0.2) is 504 Å². The fraction of sp³-hybridized carbons (Fsp3) is 0. The molecular formula is C133H83N9. The Morgan fingerprint density at radius 1 is 0.113 bits per heavy atom. The molecule has 19 aromatic carbocycles. The molecule has 9 heteroatoms. The van der Waals surface area contributed by atoms with E-state index in [-0.39, 0.29) is 0 Å². The topological polar surface area (TPSA) is 116 Å². The van der Waals surface area contributed by atoms with E-state index in [0.717, 1.165) is 150 Å². The first-order chi connectivity index (χ1) is 70.5. The van der Waals surface area contributed by atoms with Crippen molar-refractivity contribution < 1.29 is 0 Å². The fourth-order valence-electron chi connectivity index (χ4n) is 21.4. The van der Waals surface area contributed by atoms with Crippen molar-refractivity contribution in [1.29, 1.82) is 0 Å². The van der Waals surface area contributed by atoms with Gasteiger partial charge in [-0.2, -0.15) is 0 Å². The molecule has 28 aromatic rings. The highest BCUT2D eigenvalue weighted by atomic mass is 14.8. The van der Waals surface area contributed by atoms with E-state index in [4.69, 9.17) is 34.9 Å². The number of aromatic nitrogens is 9. The van der Waals surface area contributed by atoms with Crippen LogP contribution in [0.5, 0.6) is 0 Å². The zero-order chi connectivity index (χ0) is 93.9. The van der Waals surface area contributed by atoms with E-state index in [1.54, 1.807) is 0 Å². The van der Waals surface area contributed by atoms with Gasteiger partial charge in [-0.25, -0.2) is 15.0 Å². The van der Waals surface area contributed by atoms with Crippen molar-refractivity contribution in [3.05, 3.63) is 504 Å². The van der Waals surface area contributed by atoms with Gasteiger partial charge in [0.1, 0.15) is 0 Å². The van der Waals surface area contributed by atoms with E-state index in [0.29, 0.717) is 0 Å². The van der Waals surface area contributed by atoms with E-state index < -0.39 is 0 Å². The Morgan fingerprint density at radius 2 is 0.394 bits per heavy atom. The fourth-order valence-corrected chi connectivity index (χ4v) is 21.4. The van der Waals surface area contributed by atoms with Crippen molar-refractivity contribution in [3.8, 4) is 134 Å². The second kappa shape index (κ2) is 35.9. The van der Waals surface area contributed by atoms with Crippen LogP contribution >= 0.6 is 0 Å². The standard InChI is InChI=1S/C48H30N2.C43H27N3.C42H26N4/c1-2-13-33(14-3-1)44-30-43(42-28-27-35-16-11-29-49-47(35)48(42)50-44)46-40-20-8-6-18-38(40)45(39-19-7-9-21-41(39)46)34-25-23-32(24-26-34)37-22-10-15-31-12-4-5-17-36(31)37;1-3-12-28(13-4-1)38-26-31(23-25-44-38)40-32-17-7-9-19-34(32)41(35-20-10-8-18-33(35)40)37-27-39(29-14-5-2-6-15-29)46-43-36(37)22-21-30-16-11-24-45-42(30)43;1-2-11-27(12-3-1)37-26-35(34-20-19-28-13-10-23-45-41(28)42(34)46-37)40-32-16-6-4-14-30(32)39(31-15-5-7-17-33(31)40)29-21-24-44-38(25-29)36-18-8-9-22-43-36/h1-30H;1-27H;1-26H. The van der Waals surface area contributed by atoms with Crippen LogP contribution in [-0.2, 0) is 0 Å². The number of hydrogen-bond acceptors (Lipinski definition) is 9. The summed E-state index contributed by atoms with van der Waals surface area (Å²) in [6.07, 6.45) is 11.2. The van der Waals surface area contributed by atoms with Crippen LogP contribution in [0, 0.1) is 0 Å². The molecular weight excluding hydrogens is 1720 g/mol. The molecule has 142 heavy (non-hydrogen) atoms. The van der Waals surface area contributed by atoms with E-state index >= 15 is 0 Å². The Morgan fingerprint density at radius 3 is 0.761 bits per heavy atom. The third-order valence-electron chi connectivity index (χ3n) is 27.8. The number of nitrogens with zero attached hydrogens (tertiary/aromatic N) is 9. The number of hydrogen-bond donors (Lipinski definition) is 0. The first kappa shape index (κ1) is 83.5. The molecule has 0 saturated carbocycles. The van der Waals surface area contributed by atoms with Crippen LogP contribution in [0.2, 0.25) is 0 Å². The quantitative estimate of drug-likeness (QED) is 0.0871. The minimum atomic E-state index is 0.849. The molecule has 0 fully saturated rings. The lowest BCUT2D eigenvalue weighted by Crippen LogP contribution is -1.95. The highest BCUT2D eigenvalue weighted by Crippen LogP contribution is 2.52. The maximum absolute atomic E-state index is 5.27. The summed E-state index contributed by atoms with van der Waals surface area (Å²) in [6, 6.07) is 166. The SMILES string of the molecule is c1ccc(-c2cc(-c3c4ccccc4c(-c4cc(-c5ccccc5)nc5c4ccc4cccnc45)c4ccccc34)ccn2)cc1.c1ccc(-c2cc(-c3c4ccccc4c(-c4ccc(-c5cccc6ccccc56)cc4)c4ccccc34)c3ccc4cccnc4c3n2)cc1.c1ccc(-c2cc(-c3c4ccccc4c(-c4ccnc(-c5ccccn5)c4)c4ccccc34)c3ccc4cccnc4c3n2)cc1. The first-order valence-corrected chi connectivity index (χ1v) is 48.0. The molecule has 0 bridgehead atoms. The number of fused-ring (bicyclic) bond motifs is 16. The predicted octanol–water partition coefficient (Wildman–Crippen LogP) is 34.6. The Bertz CT molecular complexity index is 9310. The lowest BCUT2D eigenvalue weighted by atomic mass is 9.84. The molecule has 0 saturated heterocycles. The second-order valence-corrected chi connectivity index (χ2v) is 35.9. The molecule has 0 spiro atoms. The van der Waals surface area contributed by atoms with Gasteiger partial charge in [0, 0.05) is 91.8 Å². The van der Waals surface area contributed by atoms with Crippen LogP contribution in [0.4, 0.5) is 0 Å². The summed E-state index contributed by atoms with van der Waals surface area (Å²) in [6.45, 7) is 0. The maximum Gasteiger partial charge on any atom is 0.0978 e. The predicted molar refractivity (Wildman–Crippen MR) is 592 cm³/mol. The maximum atomic E-state index is 5.27. The van der Waals surface area contributed by atoms with Gasteiger partial charge < -0.3 is 0 Å². The van der Waals surface area contributed by atoms with Crippen molar-refractivity contribution in [3.63, 3.8) is 0 Å². The summed E-state index contributed by atoms with van der Waals surface area (Å²) < 4.78 is 0. The average molecular weight is 1810 g/mol. The average Bonchev–Trinajstić information content (AvgIpc) is 0.726. The monoisotopic (exact) mass is 1810 g/mol. The van der Waals surface area contributed by atoms with E-state index in [2.05, 4.69) is 422 Å². The van der Waals surface area contributed by atoms with Crippen LogP contribution in [-0.4, -0.2) is 44.9 Å². The zero-order valence-electron chi connectivity index (χ0n) is 76.9. The molecule has 0 atom stereocenters. The number of rotatable bonds is 12. The summed E-state index contributed by atoms with van der Waals surface area (Å²) in [5.41, 5.74) is 31.9. The van der Waals surface area contributed by atoms with Gasteiger partial charge >= 0.3 is 0 Å². The molecule has 9 aromatic heterocycles. The van der Waals surface area contributed by atoms with Gasteiger partial charge in [-0.1, -0.05) is 394 Å². The van der Waals surface area contributed by atoms with Gasteiger partial charge in [-0.05, 0) is 226 Å². The molecule has 0 N–H and O–H groups in total. The Labute approximate surface area is 818 Å². The van der Waals surface area contributed by atoms with E-state index in [1.165, 1.54) is 125 Å². The van der Waals surface area contributed by atoms with Crippen molar-refractivity contribution in [2.24, 2.45) is 0 Å². The third-order valence-corrected chi connectivity index (χ3v) is 27.8. The highest BCUT2D eigenvalue weighted by molar-refractivity contribution is 6.29. The lowest BCUT2D eigenvalue weighted by molar-refractivity contribution is 1.25. The lowest BCUT2D eigenvalue weighted by Gasteiger charge is -2.20. The zero-order valence-corrected chi connectivity index (χ0v) is 76.9. The van der Waals surface area contributed by atoms with E-state index in [9.17, 15) is 0 Å². The summed E-state index contributed by atoms with van der Waals surface area (Å²) in [4.78, 5) is 44.3. The molecule has 0 aliphatic heterocycles. The molecule has 660 valence electrons. The van der Waals surface area contributed by atoms with Crippen molar-refractivity contribution in [2.75, 3.05) is 0 Å². The van der Waals surface area contributed by atoms with Gasteiger partial charge in [0.2, 0.25) is 0 Å². The van der Waals surface area contributed by atoms with Gasteiger partial charge in [0.15, 0.2) is 0 Å². The molecule has 0 radical (unpaired) electrons. The molecule has 0 amide bonds. The van der Waals surface area contributed by atoms with Crippen LogP contribution in [0.3, 0.4) is 0 Å². The van der Waals surface area contributed by atoms with E-state index in [1.807, 2.05) is 91.8 Å². The molecule has 0 aliphatic carbocycles. The summed E-state index contributed by atoms with van der Waals surface area (Å²) >= 11 is 0. The van der Waals surface area contributed by atoms with Crippen LogP contribution < -0.4 is 0 Å². The van der Waals surface area contributed by atoms with Gasteiger partial charge in [0.25, 0.3) is 0 Å². The smallest absolute Gasteiger partial charge is 0.0978 e. The van der Waals surface area contributed by atoms with Crippen molar-refractivity contribution in [1.82, 2.24) is 44.9 Å². The van der Waals surface area contributed by atoms with Crippen molar-refractivity contribution >= 4 is 141 Å². The van der Waals surface area contributed by atoms with Crippen LogP contribution in [0.1, 0.15) is 0 Å². The molecule has 0 unspecified atom stereocenters. The summed E-state index contributed by atoms with van der Waals surface area (Å²) in [5, 5.41) is 23.4. The van der Waals surface area contributed by atoms with Gasteiger partial charge in [0.05, 0.1) is 67.3 Å². The molecule has 0 aliphatic rings. The minimum absolute atomic E-state index is 0.849. The Hall–Kier alpha value is -19.1. The number of benzene rings is 19. The van der Waals surface area contributed by atoms with Crippen molar-refractivity contribution in [2.45, 2.75) is 0 Å². The summed E-state index contributed by atoms with van der Waals surface area (Å²) in [5.74, 6) is 0. The largest absolute Gasteiger partial charge is 0.256 e. The molecule has 9 heterocycles. The first-order valence-electron chi connectivity index (χ1n) is 48.0. The number of pyridine rings is 9. The van der Waals surface area contributed by atoms with Gasteiger partial charge in [-0.15, -0.1) is 0 Å². The highest BCUT2D eigenvalue weighted by Gasteiger charge is 2.27. The summed E-state index contributed by atoms with van der Waals surface area (Å²) in [7, 11) is 0. The third kappa shape index (κ3) is 14.9. The molecule has 28 rings (SSSR count). The Balaban J connectivity index is 0.000000109. The second-order valence-electron chi connectivity index (χ2n) is 35.9.